The summed E-state index contributed by atoms with van der Waals surface area (Å²) in [7, 11) is 1.50. The number of hydrogen-bond acceptors (Lipinski definition) is 4. The first-order chi connectivity index (χ1) is 14.8. The Bertz CT molecular complexity index is 1080. The van der Waals surface area contributed by atoms with Gasteiger partial charge in [0.15, 0.2) is 6.61 Å². The lowest BCUT2D eigenvalue weighted by atomic mass is 9.92. The third-order valence-corrected chi connectivity index (χ3v) is 5.26. The quantitative estimate of drug-likeness (QED) is 0.485. The van der Waals surface area contributed by atoms with Gasteiger partial charge in [0.05, 0.1) is 7.11 Å². The van der Waals surface area contributed by atoms with E-state index in [9.17, 15) is 9.59 Å². The molecule has 1 N–H and O–H groups in total. The van der Waals surface area contributed by atoms with Gasteiger partial charge in [-0.25, -0.2) is 4.79 Å². The summed E-state index contributed by atoms with van der Waals surface area (Å²) in [5.41, 5.74) is 3.21. The number of anilines is 1. The largest absolute Gasteiger partial charge is 0.496 e. The van der Waals surface area contributed by atoms with Gasteiger partial charge < -0.3 is 14.8 Å². The molecule has 5 heteroatoms. The molecule has 31 heavy (non-hydrogen) atoms. The van der Waals surface area contributed by atoms with Gasteiger partial charge in [-0.05, 0) is 45.9 Å². The Kier molecular flexibility index (Phi) is 6.95. The Hall–Kier alpha value is -3.34. The molecule has 162 valence electrons. The number of fused-ring (bicyclic) bond motifs is 1. The fraction of sp³-hybridized carbons (Fsp3) is 0.308. The predicted molar refractivity (Wildman–Crippen MR) is 124 cm³/mol. The van der Waals surface area contributed by atoms with Gasteiger partial charge in [-0.15, -0.1) is 0 Å². The fourth-order valence-corrected chi connectivity index (χ4v) is 3.63. The molecular weight excluding hydrogens is 390 g/mol. The van der Waals surface area contributed by atoms with Crippen molar-refractivity contribution in [3.05, 3.63) is 71.3 Å². The van der Waals surface area contributed by atoms with Crippen LogP contribution in [0, 0.1) is 0 Å². The van der Waals surface area contributed by atoms with Crippen molar-refractivity contribution in [2.24, 2.45) is 0 Å². The van der Waals surface area contributed by atoms with Crippen LogP contribution in [0.15, 0.2) is 54.6 Å². The number of hydrogen-bond donors (Lipinski definition) is 1. The van der Waals surface area contributed by atoms with E-state index in [0.29, 0.717) is 11.3 Å². The zero-order valence-corrected chi connectivity index (χ0v) is 18.7. The van der Waals surface area contributed by atoms with Crippen molar-refractivity contribution in [2.45, 2.75) is 39.5 Å². The molecule has 0 saturated heterocycles. The third-order valence-electron chi connectivity index (χ3n) is 5.26. The molecule has 0 fully saturated rings. The van der Waals surface area contributed by atoms with E-state index in [4.69, 9.17) is 9.47 Å². The molecule has 0 aliphatic carbocycles. The second kappa shape index (κ2) is 9.65. The van der Waals surface area contributed by atoms with Crippen LogP contribution in [0.2, 0.25) is 0 Å². The number of carbonyl (C=O) groups is 2. The van der Waals surface area contributed by atoms with Crippen LogP contribution < -0.4 is 10.1 Å². The first-order valence-corrected chi connectivity index (χ1v) is 10.5. The number of benzene rings is 3. The highest BCUT2D eigenvalue weighted by Gasteiger charge is 2.19. The minimum Gasteiger partial charge on any atom is -0.496 e. The number of amides is 1. The van der Waals surface area contributed by atoms with Crippen LogP contribution >= 0.6 is 0 Å². The predicted octanol–water partition coefficient (Wildman–Crippen LogP) is 5.89. The summed E-state index contributed by atoms with van der Waals surface area (Å²) in [6, 6.07) is 17.2. The first kappa shape index (κ1) is 22.3. The summed E-state index contributed by atoms with van der Waals surface area (Å²) in [6.45, 7) is 7.96. The Morgan fingerprint density at radius 2 is 1.45 bits per heavy atom. The van der Waals surface area contributed by atoms with Crippen LogP contribution in [-0.4, -0.2) is 25.6 Å². The van der Waals surface area contributed by atoms with Gasteiger partial charge >= 0.3 is 5.97 Å². The number of nitrogens with one attached hydrogen (secondary N) is 1. The molecule has 0 aliphatic rings. The summed E-state index contributed by atoms with van der Waals surface area (Å²) >= 11 is 0. The number of carbonyl (C=O) groups excluding carboxylic acids is 2. The molecule has 1 amide bonds. The lowest BCUT2D eigenvalue weighted by Crippen LogP contribution is -2.23. The molecule has 0 atom stereocenters. The highest BCUT2D eigenvalue weighted by atomic mass is 16.5. The molecular formula is C26H29NO4. The van der Waals surface area contributed by atoms with E-state index in [2.05, 4.69) is 33.0 Å². The minimum absolute atomic E-state index is 0.249. The lowest BCUT2D eigenvalue weighted by Gasteiger charge is -2.20. The van der Waals surface area contributed by atoms with E-state index in [1.54, 1.807) is 12.1 Å². The fourth-order valence-electron chi connectivity index (χ4n) is 3.63. The maximum Gasteiger partial charge on any atom is 0.342 e. The summed E-state index contributed by atoms with van der Waals surface area (Å²) in [6.07, 6.45) is 0. The normalized spacial score (nSPS) is 11.1. The maximum absolute atomic E-state index is 12.7. The van der Waals surface area contributed by atoms with Crippen LogP contribution in [0.1, 0.15) is 61.0 Å². The van der Waals surface area contributed by atoms with Crippen molar-refractivity contribution in [1.29, 1.82) is 0 Å². The average Bonchev–Trinajstić information content (AvgIpc) is 2.76. The SMILES string of the molecule is COc1cc2ccccc2cc1C(=O)OCC(=O)Nc1c(C(C)C)cccc1C(C)C. The number of esters is 1. The standard InChI is InChI=1S/C26H29NO4/c1-16(2)20-11-8-12-21(17(3)4)25(20)27-24(28)15-31-26(29)22-13-18-9-6-7-10-19(18)14-23(22)30-5/h6-14,16-17H,15H2,1-5H3,(H,27,28). The average molecular weight is 420 g/mol. The molecule has 3 aromatic rings. The Labute approximate surface area is 183 Å². The zero-order chi connectivity index (χ0) is 22.5. The molecule has 0 radical (unpaired) electrons. The molecule has 0 bridgehead atoms. The van der Waals surface area contributed by atoms with Crippen LogP contribution in [0.3, 0.4) is 0 Å². The van der Waals surface area contributed by atoms with E-state index in [1.165, 1.54) is 7.11 Å². The molecule has 0 unspecified atom stereocenters. The van der Waals surface area contributed by atoms with Gasteiger partial charge in [0.1, 0.15) is 11.3 Å². The summed E-state index contributed by atoms with van der Waals surface area (Å²) in [5, 5.41) is 4.81. The van der Waals surface area contributed by atoms with Crippen molar-refractivity contribution in [3.8, 4) is 5.75 Å². The Morgan fingerprint density at radius 3 is 2.00 bits per heavy atom. The molecule has 0 spiro atoms. The Morgan fingerprint density at radius 1 is 0.871 bits per heavy atom. The summed E-state index contributed by atoms with van der Waals surface area (Å²) in [5.74, 6) is -0.0599. The van der Waals surface area contributed by atoms with Crippen molar-refractivity contribution < 1.29 is 19.1 Å². The maximum atomic E-state index is 12.7. The molecule has 0 aliphatic heterocycles. The highest BCUT2D eigenvalue weighted by Crippen LogP contribution is 2.32. The van der Waals surface area contributed by atoms with E-state index in [-0.39, 0.29) is 24.3 Å². The summed E-state index contributed by atoms with van der Waals surface area (Å²) in [4.78, 5) is 25.3. The number of rotatable bonds is 7. The van der Waals surface area contributed by atoms with Crippen molar-refractivity contribution in [3.63, 3.8) is 0 Å². The smallest absolute Gasteiger partial charge is 0.342 e. The first-order valence-electron chi connectivity index (χ1n) is 10.5. The molecule has 3 aromatic carbocycles. The van der Waals surface area contributed by atoms with Crippen LogP contribution in [0.25, 0.3) is 10.8 Å². The second-order valence-corrected chi connectivity index (χ2v) is 8.14. The van der Waals surface area contributed by atoms with Gasteiger partial charge in [0.2, 0.25) is 0 Å². The molecule has 3 rings (SSSR count). The van der Waals surface area contributed by atoms with E-state index in [0.717, 1.165) is 27.6 Å². The van der Waals surface area contributed by atoms with Crippen molar-refractivity contribution in [2.75, 3.05) is 19.0 Å². The van der Waals surface area contributed by atoms with Gasteiger partial charge in [-0.1, -0.05) is 70.2 Å². The highest BCUT2D eigenvalue weighted by molar-refractivity contribution is 6.00. The molecule has 0 heterocycles. The van der Waals surface area contributed by atoms with Gasteiger partial charge in [0.25, 0.3) is 5.91 Å². The Balaban J connectivity index is 1.76. The van der Waals surface area contributed by atoms with E-state index in [1.807, 2.05) is 42.5 Å². The van der Waals surface area contributed by atoms with E-state index < -0.39 is 5.97 Å². The number of para-hydroxylation sites is 1. The summed E-state index contributed by atoms with van der Waals surface area (Å²) < 4.78 is 10.7. The van der Waals surface area contributed by atoms with Crippen molar-refractivity contribution in [1.82, 2.24) is 0 Å². The molecule has 5 nitrogen and oxygen atoms in total. The molecule has 0 saturated carbocycles. The zero-order valence-electron chi connectivity index (χ0n) is 18.7. The molecule has 0 aromatic heterocycles. The van der Waals surface area contributed by atoms with Gasteiger partial charge in [-0.2, -0.15) is 0 Å². The van der Waals surface area contributed by atoms with Crippen molar-refractivity contribution >= 4 is 28.3 Å². The number of methoxy groups -OCH3 is 1. The van der Waals surface area contributed by atoms with Crippen LogP contribution in [-0.2, 0) is 9.53 Å². The van der Waals surface area contributed by atoms with E-state index >= 15 is 0 Å². The topological polar surface area (TPSA) is 64.6 Å². The monoisotopic (exact) mass is 419 g/mol. The third kappa shape index (κ3) is 5.05. The number of ether oxygens (including phenoxy) is 2. The lowest BCUT2D eigenvalue weighted by molar-refractivity contribution is -0.119. The van der Waals surface area contributed by atoms with Gasteiger partial charge in [-0.3, -0.25) is 4.79 Å². The van der Waals surface area contributed by atoms with Crippen LogP contribution in [0.4, 0.5) is 5.69 Å². The minimum atomic E-state index is -0.598. The van der Waals surface area contributed by atoms with Gasteiger partial charge in [0, 0.05) is 5.69 Å². The second-order valence-electron chi connectivity index (χ2n) is 8.14. The van der Waals surface area contributed by atoms with Crippen LogP contribution in [0.5, 0.6) is 5.75 Å².